The van der Waals surface area contributed by atoms with Crippen LogP contribution in [0.15, 0.2) is 83.8 Å². The van der Waals surface area contributed by atoms with E-state index >= 15 is 0 Å². The first-order chi connectivity index (χ1) is 15.9. The second-order valence-electron chi connectivity index (χ2n) is 7.81. The van der Waals surface area contributed by atoms with E-state index in [0.717, 1.165) is 24.5 Å². The van der Waals surface area contributed by atoms with Crippen molar-refractivity contribution in [2.24, 2.45) is 0 Å². The number of amides is 1. The number of methoxy groups -OCH3 is 1. The van der Waals surface area contributed by atoms with E-state index in [1.807, 2.05) is 29.2 Å². The summed E-state index contributed by atoms with van der Waals surface area (Å²) in [5, 5.41) is 0. The van der Waals surface area contributed by atoms with Crippen LogP contribution in [0.1, 0.15) is 10.4 Å². The maximum absolute atomic E-state index is 13.0. The minimum Gasteiger partial charge on any atom is -0.497 e. The molecule has 0 aromatic heterocycles. The fourth-order valence-electron chi connectivity index (χ4n) is 3.85. The van der Waals surface area contributed by atoms with Gasteiger partial charge in [-0.2, -0.15) is 0 Å². The zero-order valence-electron chi connectivity index (χ0n) is 18.7. The first-order valence-corrected chi connectivity index (χ1v) is 12.2. The van der Waals surface area contributed by atoms with Crippen LogP contribution in [0.5, 0.6) is 5.75 Å². The van der Waals surface area contributed by atoms with Crippen LogP contribution in [0.25, 0.3) is 0 Å². The Bertz CT molecular complexity index is 1190. The van der Waals surface area contributed by atoms with Gasteiger partial charge in [0, 0.05) is 44.5 Å². The quantitative estimate of drug-likeness (QED) is 0.558. The molecule has 1 aliphatic heterocycles. The Kier molecular flexibility index (Phi) is 6.55. The molecule has 172 valence electrons. The van der Waals surface area contributed by atoms with Gasteiger partial charge in [0.05, 0.1) is 17.7 Å². The van der Waals surface area contributed by atoms with Crippen LogP contribution < -0.4 is 13.9 Å². The fourth-order valence-corrected chi connectivity index (χ4v) is 5.06. The molecule has 0 N–H and O–H groups in total. The minimum atomic E-state index is -3.66. The molecule has 7 nitrogen and oxygen atoms in total. The number of carbonyl (C=O) groups excluding carboxylic acids is 1. The van der Waals surface area contributed by atoms with Gasteiger partial charge in [-0.1, -0.05) is 18.2 Å². The molecule has 0 radical (unpaired) electrons. The molecule has 1 heterocycles. The van der Waals surface area contributed by atoms with Gasteiger partial charge in [-0.15, -0.1) is 0 Å². The number of benzene rings is 3. The Balaban J connectivity index is 1.39. The van der Waals surface area contributed by atoms with Gasteiger partial charge in [0.1, 0.15) is 5.75 Å². The van der Waals surface area contributed by atoms with Crippen molar-refractivity contribution in [1.29, 1.82) is 0 Å². The van der Waals surface area contributed by atoms with Gasteiger partial charge in [-0.05, 0) is 60.7 Å². The molecule has 33 heavy (non-hydrogen) atoms. The van der Waals surface area contributed by atoms with Gasteiger partial charge in [0.25, 0.3) is 15.9 Å². The lowest BCUT2D eigenvalue weighted by molar-refractivity contribution is 0.0747. The molecule has 0 bridgehead atoms. The molecule has 0 aliphatic carbocycles. The normalized spacial score (nSPS) is 14.1. The van der Waals surface area contributed by atoms with Gasteiger partial charge in [-0.3, -0.25) is 9.10 Å². The number of hydrogen-bond donors (Lipinski definition) is 0. The topological polar surface area (TPSA) is 70.2 Å². The molecule has 1 amide bonds. The summed E-state index contributed by atoms with van der Waals surface area (Å²) >= 11 is 0. The summed E-state index contributed by atoms with van der Waals surface area (Å²) in [4.78, 5) is 17.3. The van der Waals surface area contributed by atoms with Crippen molar-refractivity contribution in [3.63, 3.8) is 0 Å². The number of anilines is 2. The molecule has 1 saturated heterocycles. The van der Waals surface area contributed by atoms with Crippen molar-refractivity contribution >= 4 is 27.3 Å². The Morgan fingerprint density at radius 2 is 1.45 bits per heavy atom. The van der Waals surface area contributed by atoms with Gasteiger partial charge in [-0.25, -0.2) is 8.42 Å². The Morgan fingerprint density at radius 3 is 2.03 bits per heavy atom. The molecular weight excluding hydrogens is 438 g/mol. The minimum absolute atomic E-state index is 0.0514. The van der Waals surface area contributed by atoms with Crippen LogP contribution in [0.4, 0.5) is 11.4 Å². The van der Waals surface area contributed by atoms with E-state index in [4.69, 9.17) is 4.74 Å². The molecule has 3 aromatic rings. The van der Waals surface area contributed by atoms with Crippen LogP contribution in [-0.2, 0) is 10.0 Å². The molecule has 0 spiro atoms. The summed E-state index contributed by atoms with van der Waals surface area (Å²) in [5.41, 5.74) is 2.15. The zero-order valence-corrected chi connectivity index (χ0v) is 19.5. The van der Waals surface area contributed by atoms with Crippen molar-refractivity contribution in [3.8, 4) is 5.75 Å². The van der Waals surface area contributed by atoms with Gasteiger partial charge < -0.3 is 14.5 Å². The van der Waals surface area contributed by atoms with Gasteiger partial charge in [0.2, 0.25) is 0 Å². The molecule has 4 rings (SSSR count). The molecule has 0 unspecified atom stereocenters. The number of hydrogen-bond acceptors (Lipinski definition) is 5. The average molecular weight is 466 g/mol. The largest absolute Gasteiger partial charge is 0.497 e. The first kappa shape index (κ1) is 22.7. The fraction of sp³-hybridized carbons (Fsp3) is 0.240. The Morgan fingerprint density at radius 1 is 0.848 bits per heavy atom. The number of rotatable bonds is 6. The van der Waals surface area contributed by atoms with E-state index in [-0.39, 0.29) is 10.8 Å². The lowest BCUT2D eigenvalue weighted by atomic mass is 10.1. The van der Waals surface area contributed by atoms with Crippen molar-refractivity contribution < 1.29 is 17.9 Å². The van der Waals surface area contributed by atoms with E-state index in [9.17, 15) is 13.2 Å². The van der Waals surface area contributed by atoms with E-state index < -0.39 is 10.0 Å². The van der Waals surface area contributed by atoms with E-state index in [0.29, 0.717) is 24.3 Å². The van der Waals surface area contributed by atoms with Gasteiger partial charge >= 0.3 is 0 Å². The highest BCUT2D eigenvalue weighted by Crippen LogP contribution is 2.24. The lowest BCUT2D eigenvalue weighted by Gasteiger charge is -2.36. The highest BCUT2D eigenvalue weighted by molar-refractivity contribution is 7.92. The molecular formula is C25H27N3O4S. The number of ether oxygens (including phenoxy) is 1. The van der Waals surface area contributed by atoms with Crippen molar-refractivity contribution in [2.75, 3.05) is 49.5 Å². The van der Waals surface area contributed by atoms with Crippen molar-refractivity contribution in [2.45, 2.75) is 4.90 Å². The predicted octanol–water partition coefficient (Wildman–Crippen LogP) is 3.48. The smallest absolute Gasteiger partial charge is 0.264 e. The summed E-state index contributed by atoms with van der Waals surface area (Å²) in [6.45, 7) is 2.73. The first-order valence-electron chi connectivity index (χ1n) is 10.7. The number of sulfonamides is 1. The van der Waals surface area contributed by atoms with Crippen LogP contribution in [-0.4, -0.2) is 59.6 Å². The van der Waals surface area contributed by atoms with Crippen molar-refractivity contribution in [3.05, 3.63) is 84.4 Å². The monoisotopic (exact) mass is 465 g/mol. The standard InChI is InChI=1S/C25H27N3O4S/c1-26(33(30,31)24-6-4-3-5-7-24)21-10-8-20(9-11-21)25(29)28-18-16-27(17-19-28)22-12-14-23(32-2)15-13-22/h3-15H,16-19H2,1-2H3. The summed E-state index contributed by atoms with van der Waals surface area (Å²) in [6.07, 6.45) is 0. The zero-order chi connectivity index (χ0) is 23.4. The van der Waals surface area contributed by atoms with E-state index in [1.54, 1.807) is 61.7 Å². The molecule has 0 saturated carbocycles. The van der Waals surface area contributed by atoms with Crippen molar-refractivity contribution in [1.82, 2.24) is 4.90 Å². The Hall–Kier alpha value is -3.52. The van der Waals surface area contributed by atoms with Crippen LogP contribution >= 0.6 is 0 Å². The van der Waals surface area contributed by atoms with Crippen LogP contribution in [0.3, 0.4) is 0 Å². The van der Waals surface area contributed by atoms with E-state index in [1.165, 1.54) is 11.4 Å². The summed E-state index contributed by atoms with van der Waals surface area (Å²) in [6, 6.07) is 22.9. The summed E-state index contributed by atoms with van der Waals surface area (Å²) in [7, 11) is -0.502. The maximum atomic E-state index is 13.0. The molecule has 1 fully saturated rings. The average Bonchev–Trinajstić information content (AvgIpc) is 2.88. The number of nitrogens with zero attached hydrogens (tertiary/aromatic N) is 3. The predicted molar refractivity (Wildman–Crippen MR) is 130 cm³/mol. The third-order valence-corrected chi connectivity index (χ3v) is 7.68. The molecule has 8 heteroatoms. The lowest BCUT2D eigenvalue weighted by Crippen LogP contribution is -2.48. The molecule has 3 aromatic carbocycles. The van der Waals surface area contributed by atoms with E-state index in [2.05, 4.69) is 4.90 Å². The maximum Gasteiger partial charge on any atom is 0.264 e. The number of piperazine rings is 1. The second kappa shape index (κ2) is 9.54. The third kappa shape index (κ3) is 4.80. The summed E-state index contributed by atoms with van der Waals surface area (Å²) in [5.74, 6) is 0.766. The molecule has 0 atom stereocenters. The summed E-state index contributed by atoms with van der Waals surface area (Å²) < 4.78 is 32.1. The van der Waals surface area contributed by atoms with Crippen LogP contribution in [0.2, 0.25) is 0 Å². The van der Waals surface area contributed by atoms with Crippen LogP contribution in [0, 0.1) is 0 Å². The second-order valence-corrected chi connectivity index (χ2v) is 9.78. The molecule has 1 aliphatic rings. The Labute approximate surface area is 194 Å². The van der Waals surface area contributed by atoms with Gasteiger partial charge in [0.15, 0.2) is 0 Å². The SMILES string of the molecule is COc1ccc(N2CCN(C(=O)c3ccc(N(C)S(=O)(=O)c4ccccc4)cc3)CC2)cc1. The third-order valence-electron chi connectivity index (χ3n) is 5.88. The number of carbonyl (C=O) groups is 1. The highest BCUT2D eigenvalue weighted by atomic mass is 32.2. The highest BCUT2D eigenvalue weighted by Gasteiger charge is 2.24.